The van der Waals surface area contributed by atoms with Crippen LogP contribution in [0.4, 0.5) is 5.69 Å². The summed E-state index contributed by atoms with van der Waals surface area (Å²) in [7, 11) is 0. The van der Waals surface area contributed by atoms with Gasteiger partial charge in [-0.1, -0.05) is 13.8 Å². The molecule has 2 bridgehead atoms. The van der Waals surface area contributed by atoms with E-state index in [1.165, 1.54) is 0 Å². The highest BCUT2D eigenvalue weighted by Gasteiger charge is 2.72. The number of fused-ring (bicyclic) bond motifs is 2. The lowest BCUT2D eigenvalue weighted by Crippen LogP contribution is -2.47. The van der Waals surface area contributed by atoms with Crippen LogP contribution in [0.5, 0.6) is 0 Å². The van der Waals surface area contributed by atoms with Crippen molar-refractivity contribution >= 4 is 23.2 Å². The van der Waals surface area contributed by atoms with Crippen LogP contribution >= 0.6 is 0 Å². The maximum absolute atomic E-state index is 12.7. The quantitative estimate of drug-likeness (QED) is 0.655. The maximum atomic E-state index is 12.7. The average molecular weight is 272 g/mol. The van der Waals surface area contributed by atoms with Crippen LogP contribution in [0.3, 0.4) is 0 Å². The second kappa shape index (κ2) is 3.98. The number of carbonyl (C=O) groups excluding carboxylic acids is 3. The Bertz CT molecular complexity index is 609. The van der Waals surface area contributed by atoms with Crippen LogP contribution in [0.15, 0.2) is 24.5 Å². The Morgan fingerprint density at radius 1 is 1.30 bits per heavy atom. The lowest BCUT2D eigenvalue weighted by Gasteiger charge is -2.33. The number of rotatable bonds is 2. The molecule has 5 heteroatoms. The number of amides is 1. The number of nitrogens with zero attached hydrogens (tertiary/aromatic N) is 1. The van der Waals surface area contributed by atoms with Crippen LogP contribution in [-0.2, 0) is 14.4 Å². The number of hydrogen-bond donors (Lipinski definition) is 1. The zero-order chi connectivity index (χ0) is 14.5. The van der Waals surface area contributed by atoms with Crippen molar-refractivity contribution in [2.75, 3.05) is 5.32 Å². The van der Waals surface area contributed by atoms with Gasteiger partial charge in [0.15, 0.2) is 0 Å². The molecular formula is C15H16N2O3. The van der Waals surface area contributed by atoms with Crippen LogP contribution in [0, 0.1) is 16.7 Å². The van der Waals surface area contributed by atoms with E-state index in [1.807, 2.05) is 13.8 Å². The summed E-state index contributed by atoms with van der Waals surface area (Å²) in [6.07, 6.45) is 4.20. The lowest BCUT2D eigenvalue weighted by atomic mass is 9.68. The molecule has 20 heavy (non-hydrogen) atoms. The summed E-state index contributed by atoms with van der Waals surface area (Å²) in [6, 6.07) is 3.32. The zero-order valence-electron chi connectivity index (χ0n) is 11.5. The standard InChI is InChI=1S/C15H16N2O3/c1-14(2)10-3-6-15(14,12(19)11(10)18)13(20)17-9-4-7-16-8-5-9/h4-5,7-8,10H,3,6H2,1-2H3,(H,16,17,20). The summed E-state index contributed by atoms with van der Waals surface area (Å²) < 4.78 is 0. The first kappa shape index (κ1) is 13.0. The molecule has 0 spiro atoms. The summed E-state index contributed by atoms with van der Waals surface area (Å²) in [6.45, 7) is 3.69. The van der Waals surface area contributed by atoms with Gasteiger partial charge in [0.25, 0.3) is 0 Å². The molecule has 1 aromatic heterocycles. The fourth-order valence-corrected chi connectivity index (χ4v) is 3.76. The summed E-state index contributed by atoms with van der Waals surface area (Å²) in [5, 5.41) is 2.76. The molecule has 3 rings (SSSR count). The van der Waals surface area contributed by atoms with Crippen molar-refractivity contribution in [2.24, 2.45) is 16.7 Å². The molecule has 1 amide bonds. The molecule has 2 aliphatic rings. The van der Waals surface area contributed by atoms with Crippen LogP contribution < -0.4 is 5.32 Å². The summed E-state index contributed by atoms with van der Waals surface area (Å²) in [4.78, 5) is 40.9. The number of nitrogens with one attached hydrogen (secondary N) is 1. The predicted octanol–water partition coefficient (Wildman–Crippen LogP) is 1.59. The van der Waals surface area contributed by atoms with E-state index in [0.29, 0.717) is 18.5 Å². The van der Waals surface area contributed by atoms with E-state index in [1.54, 1.807) is 24.5 Å². The summed E-state index contributed by atoms with van der Waals surface area (Å²) >= 11 is 0. The van der Waals surface area contributed by atoms with E-state index in [2.05, 4.69) is 10.3 Å². The number of carbonyl (C=O) groups is 3. The predicted molar refractivity (Wildman–Crippen MR) is 71.8 cm³/mol. The molecule has 2 fully saturated rings. The minimum absolute atomic E-state index is 0.321. The van der Waals surface area contributed by atoms with Gasteiger partial charge >= 0.3 is 0 Å². The second-order valence-corrected chi connectivity index (χ2v) is 6.10. The number of Topliss-reactive ketones (excluding diaryl/α,β-unsaturated/α-hetero) is 2. The number of aromatic nitrogens is 1. The van der Waals surface area contributed by atoms with Gasteiger partial charge in [-0.05, 0) is 30.4 Å². The fourth-order valence-electron chi connectivity index (χ4n) is 3.76. The summed E-state index contributed by atoms with van der Waals surface area (Å²) in [5.74, 6) is -1.60. The molecule has 2 atom stereocenters. The van der Waals surface area contributed by atoms with Gasteiger partial charge in [-0.2, -0.15) is 0 Å². The Morgan fingerprint density at radius 2 is 1.95 bits per heavy atom. The van der Waals surface area contributed by atoms with Crippen molar-refractivity contribution in [3.8, 4) is 0 Å². The SMILES string of the molecule is CC1(C)C2CCC1(C(=O)Nc1ccncc1)C(=O)C2=O. The molecular weight excluding hydrogens is 256 g/mol. The van der Waals surface area contributed by atoms with Crippen LogP contribution in [0.1, 0.15) is 26.7 Å². The third kappa shape index (κ3) is 1.38. The first-order valence-electron chi connectivity index (χ1n) is 6.71. The molecule has 5 nitrogen and oxygen atoms in total. The molecule has 0 aromatic carbocycles. The Morgan fingerprint density at radius 3 is 2.50 bits per heavy atom. The van der Waals surface area contributed by atoms with Gasteiger partial charge in [-0.25, -0.2) is 0 Å². The zero-order valence-corrected chi connectivity index (χ0v) is 11.5. The minimum Gasteiger partial charge on any atom is -0.325 e. The average Bonchev–Trinajstić information content (AvgIpc) is 2.76. The lowest BCUT2D eigenvalue weighted by molar-refractivity contribution is -0.147. The fraction of sp³-hybridized carbons (Fsp3) is 0.467. The Balaban J connectivity index is 1.98. The second-order valence-electron chi connectivity index (χ2n) is 6.10. The normalized spacial score (nSPS) is 30.6. The smallest absolute Gasteiger partial charge is 0.239 e. The highest BCUT2D eigenvalue weighted by Crippen LogP contribution is 2.62. The van der Waals surface area contributed by atoms with Crippen molar-refractivity contribution in [1.82, 2.24) is 4.98 Å². The van der Waals surface area contributed by atoms with E-state index in [9.17, 15) is 14.4 Å². The maximum Gasteiger partial charge on any atom is 0.239 e. The van der Waals surface area contributed by atoms with Gasteiger partial charge in [0.1, 0.15) is 5.41 Å². The topological polar surface area (TPSA) is 76.1 Å². The third-order valence-corrected chi connectivity index (χ3v) is 5.03. The van der Waals surface area contributed by atoms with Gasteiger partial charge in [0, 0.05) is 24.0 Å². The third-order valence-electron chi connectivity index (χ3n) is 5.03. The van der Waals surface area contributed by atoms with Crippen LogP contribution in [0.25, 0.3) is 0 Å². The number of anilines is 1. The van der Waals surface area contributed by atoms with Crippen molar-refractivity contribution in [3.63, 3.8) is 0 Å². The number of hydrogen-bond acceptors (Lipinski definition) is 4. The monoisotopic (exact) mass is 272 g/mol. The molecule has 2 unspecified atom stereocenters. The Labute approximate surface area is 116 Å². The van der Waals surface area contributed by atoms with Crippen LogP contribution in [0.2, 0.25) is 0 Å². The van der Waals surface area contributed by atoms with Crippen molar-refractivity contribution < 1.29 is 14.4 Å². The minimum atomic E-state index is -1.21. The molecule has 2 aliphatic carbocycles. The Hall–Kier alpha value is -2.04. The molecule has 1 N–H and O–H groups in total. The van der Waals surface area contributed by atoms with Crippen molar-refractivity contribution in [1.29, 1.82) is 0 Å². The number of pyridine rings is 1. The Kier molecular flexibility index (Phi) is 2.58. The molecule has 104 valence electrons. The molecule has 0 aliphatic heterocycles. The number of ketones is 2. The van der Waals surface area contributed by atoms with Crippen LogP contribution in [-0.4, -0.2) is 22.5 Å². The molecule has 0 saturated heterocycles. The van der Waals surface area contributed by atoms with Gasteiger partial charge in [-0.3, -0.25) is 19.4 Å². The van der Waals surface area contributed by atoms with Gasteiger partial charge in [0.2, 0.25) is 17.5 Å². The van der Waals surface area contributed by atoms with E-state index in [4.69, 9.17) is 0 Å². The van der Waals surface area contributed by atoms with Gasteiger partial charge < -0.3 is 5.32 Å². The first-order chi connectivity index (χ1) is 9.41. The van der Waals surface area contributed by atoms with Crippen molar-refractivity contribution in [3.05, 3.63) is 24.5 Å². The van der Waals surface area contributed by atoms with Crippen molar-refractivity contribution in [2.45, 2.75) is 26.7 Å². The van der Waals surface area contributed by atoms with E-state index in [-0.39, 0.29) is 17.6 Å². The highest BCUT2D eigenvalue weighted by molar-refractivity contribution is 6.48. The molecule has 1 heterocycles. The first-order valence-corrected chi connectivity index (χ1v) is 6.71. The largest absolute Gasteiger partial charge is 0.325 e. The molecule has 1 aromatic rings. The van der Waals surface area contributed by atoms with E-state index >= 15 is 0 Å². The molecule has 0 radical (unpaired) electrons. The molecule has 2 saturated carbocycles. The van der Waals surface area contributed by atoms with Gasteiger partial charge in [-0.15, -0.1) is 0 Å². The van der Waals surface area contributed by atoms with Gasteiger partial charge in [0.05, 0.1) is 0 Å². The van der Waals surface area contributed by atoms with E-state index < -0.39 is 16.6 Å². The highest BCUT2D eigenvalue weighted by atomic mass is 16.2. The summed E-state index contributed by atoms with van der Waals surface area (Å²) in [5.41, 5.74) is -1.23. The van der Waals surface area contributed by atoms with E-state index in [0.717, 1.165) is 0 Å².